The number of aromatic amines is 1. The molecular weight excluding hydrogens is 308 g/mol. The molecule has 0 saturated carbocycles. The largest absolute Gasteiger partial charge is 0.345 e. The number of aromatic nitrogens is 3. The van der Waals surface area contributed by atoms with Gasteiger partial charge in [-0.15, -0.1) is 0 Å². The zero-order valence-electron chi connectivity index (χ0n) is 10.7. The maximum absolute atomic E-state index is 11.9. The number of amides is 1. The van der Waals surface area contributed by atoms with Crippen LogP contribution in [-0.4, -0.2) is 26.6 Å². The van der Waals surface area contributed by atoms with Crippen molar-refractivity contribution >= 4 is 44.4 Å². The van der Waals surface area contributed by atoms with Gasteiger partial charge in [-0.1, -0.05) is 35.2 Å². The molecule has 0 atom stereocenters. The van der Waals surface area contributed by atoms with Crippen LogP contribution in [0.5, 0.6) is 0 Å². The highest BCUT2D eigenvalue weighted by atomic mass is 32.2. The van der Waals surface area contributed by atoms with Gasteiger partial charge >= 0.3 is 5.69 Å². The average Bonchev–Trinajstić information content (AvgIpc) is 2.87. The minimum atomic E-state index is -0.424. The van der Waals surface area contributed by atoms with Gasteiger partial charge in [-0.3, -0.25) is 4.79 Å². The third kappa shape index (κ3) is 3.47. The minimum Gasteiger partial charge on any atom is -0.301 e. The lowest BCUT2D eigenvalue weighted by atomic mass is 10.3. The van der Waals surface area contributed by atoms with E-state index in [2.05, 4.69) is 20.3 Å². The number of thiazole rings is 1. The molecule has 1 amide bonds. The summed E-state index contributed by atoms with van der Waals surface area (Å²) in [5, 5.41) is 3.94. The summed E-state index contributed by atoms with van der Waals surface area (Å²) in [6.07, 6.45) is 1.41. The first kappa shape index (κ1) is 13.8. The molecule has 8 heteroatoms. The van der Waals surface area contributed by atoms with Gasteiger partial charge < -0.3 is 10.3 Å². The molecule has 0 aliphatic rings. The fourth-order valence-electron chi connectivity index (χ4n) is 1.66. The Morgan fingerprint density at radius 3 is 3.00 bits per heavy atom. The van der Waals surface area contributed by atoms with Crippen molar-refractivity contribution in [1.29, 1.82) is 0 Å². The van der Waals surface area contributed by atoms with Gasteiger partial charge in [0.05, 0.1) is 21.0 Å². The molecule has 2 heterocycles. The molecule has 21 heavy (non-hydrogen) atoms. The van der Waals surface area contributed by atoms with Crippen LogP contribution in [0.4, 0.5) is 5.13 Å². The maximum atomic E-state index is 11.9. The maximum Gasteiger partial charge on any atom is 0.345 e. The van der Waals surface area contributed by atoms with Crippen molar-refractivity contribution in [1.82, 2.24) is 15.0 Å². The summed E-state index contributed by atoms with van der Waals surface area (Å²) in [6, 6.07) is 9.35. The first-order valence-electron chi connectivity index (χ1n) is 6.04. The number of rotatable bonds is 4. The summed E-state index contributed by atoms with van der Waals surface area (Å²) >= 11 is 2.67. The molecule has 106 valence electrons. The SMILES string of the molecule is O=C(CSc1ccnc(=O)[nH]1)Nc1nc2ccccc2s1. The number of carbonyl (C=O) groups is 1. The summed E-state index contributed by atoms with van der Waals surface area (Å²) in [7, 11) is 0. The van der Waals surface area contributed by atoms with E-state index < -0.39 is 5.69 Å². The summed E-state index contributed by atoms with van der Waals surface area (Å²) in [6.45, 7) is 0. The quantitative estimate of drug-likeness (QED) is 0.568. The van der Waals surface area contributed by atoms with Crippen molar-refractivity contribution in [2.45, 2.75) is 5.03 Å². The van der Waals surface area contributed by atoms with Crippen LogP contribution in [0.2, 0.25) is 0 Å². The zero-order chi connectivity index (χ0) is 14.7. The highest BCUT2D eigenvalue weighted by molar-refractivity contribution is 7.99. The van der Waals surface area contributed by atoms with E-state index in [9.17, 15) is 9.59 Å². The standard InChI is InChI=1S/C13H10N4O2S2/c18-10(7-20-11-5-6-14-12(19)17-11)16-13-15-8-3-1-2-4-9(8)21-13/h1-6H,7H2,(H,14,17,19)(H,15,16,18). The minimum absolute atomic E-state index is 0.170. The number of nitrogens with one attached hydrogen (secondary N) is 2. The molecule has 3 rings (SSSR count). The van der Waals surface area contributed by atoms with Gasteiger partial charge in [0.25, 0.3) is 0 Å². The Bertz CT molecular complexity index is 810. The number of fused-ring (bicyclic) bond motifs is 1. The molecule has 0 unspecified atom stereocenters. The van der Waals surface area contributed by atoms with E-state index in [-0.39, 0.29) is 11.7 Å². The molecule has 6 nitrogen and oxygen atoms in total. The fraction of sp³-hybridized carbons (Fsp3) is 0.0769. The average molecular weight is 318 g/mol. The van der Waals surface area contributed by atoms with E-state index in [1.54, 1.807) is 6.07 Å². The first-order chi connectivity index (χ1) is 10.2. The molecule has 0 radical (unpaired) electrons. The number of anilines is 1. The number of carbonyl (C=O) groups excluding carboxylic acids is 1. The van der Waals surface area contributed by atoms with Crippen molar-refractivity contribution < 1.29 is 4.79 Å². The molecule has 2 N–H and O–H groups in total. The summed E-state index contributed by atoms with van der Waals surface area (Å²) in [5.41, 5.74) is 0.440. The second-order valence-corrected chi connectivity index (χ2v) is 6.11. The molecule has 0 spiro atoms. The normalized spacial score (nSPS) is 10.7. The Kier molecular flexibility index (Phi) is 3.98. The monoisotopic (exact) mass is 318 g/mol. The lowest BCUT2D eigenvalue weighted by Crippen LogP contribution is -2.15. The molecule has 0 fully saturated rings. The van der Waals surface area contributed by atoms with Gasteiger partial charge in [0.2, 0.25) is 5.91 Å². The Balaban J connectivity index is 1.62. The lowest BCUT2D eigenvalue weighted by molar-refractivity contribution is -0.113. The van der Waals surface area contributed by atoms with Crippen LogP contribution in [0.25, 0.3) is 10.2 Å². The summed E-state index contributed by atoms with van der Waals surface area (Å²) in [4.78, 5) is 33.3. The number of H-pyrrole nitrogens is 1. The Hall–Kier alpha value is -2.19. The van der Waals surface area contributed by atoms with Gasteiger partial charge in [-0.2, -0.15) is 0 Å². The fourth-order valence-corrected chi connectivity index (χ4v) is 3.22. The van der Waals surface area contributed by atoms with Crippen molar-refractivity contribution in [2.75, 3.05) is 11.1 Å². The van der Waals surface area contributed by atoms with Gasteiger partial charge in [-0.25, -0.2) is 14.8 Å². The van der Waals surface area contributed by atoms with E-state index in [4.69, 9.17) is 0 Å². The van der Waals surface area contributed by atoms with Crippen LogP contribution in [-0.2, 0) is 4.79 Å². The van der Waals surface area contributed by atoms with Crippen LogP contribution in [0.1, 0.15) is 0 Å². The smallest absolute Gasteiger partial charge is 0.301 e. The second-order valence-electron chi connectivity index (χ2n) is 4.06. The van der Waals surface area contributed by atoms with E-state index in [0.29, 0.717) is 10.2 Å². The Labute approximate surface area is 127 Å². The third-order valence-corrected chi connectivity index (χ3v) is 4.45. The summed E-state index contributed by atoms with van der Waals surface area (Å²) in [5.74, 6) is 0.0206. The van der Waals surface area contributed by atoms with E-state index in [1.807, 2.05) is 24.3 Å². The highest BCUT2D eigenvalue weighted by Gasteiger charge is 2.08. The van der Waals surface area contributed by atoms with E-state index in [1.165, 1.54) is 29.3 Å². The number of nitrogens with zero attached hydrogens (tertiary/aromatic N) is 2. The third-order valence-electron chi connectivity index (χ3n) is 2.55. The van der Waals surface area contributed by atoms with Gasteiger partial charge in [0.15, 0.2) is 5.13 Å². The number of hydrogen-bond acceptors (Lipinski definition) is 6. The Morgan fingerprint density at radius 2 is 2.19 bits per heavy atom. The van der Waals surface area contributed by atoms with Crippen molar-refractivity contribution in [3.05, 3.63) is 47.0 Å². The van der Waals surface area contributed by atoms with Crippen molar-refractivity contribution in [3.63, 3.8) is 0 Å². The topological polar surface area (TPSA) is 87.7 Å². The lowest BCUT2D eigenvalue weighted by Gasteiger charge is -2.01. The Morgan fingerprint density at radius 1 is 1.33 bits per heavy atom. The molecular formula is C13H10N4O2S2. The van der Waals surface area contributed by atoms with Gasteiger partial charge in [0, 0.05) is 6.20 Å². The van der Waals surface area contributed by atoms with Crippen molar-refractivity contribution in [2.24, 2.45) is 0 Å². The van der Waals surface area contributed by atoms with Crippen LogP contribution >= 0.6 is 23.1 Å². The number of benzene rings is 1. The van der Waals surface area contributed by atoms with Crippen LogP contribution < -0.4 is 11.0 Å². The molecule has 0 aliphatic heterocycles. The number of hydrogen-bond donors (Lipinski definition) is 2. The molecule has 0 aliphatic carbocycles. The predicted octanol–water partition coefficient (Wildman–Crippen LogP) is 2.11. The predicted molar refractivity (Wildman–Crippen MR) is 83.8 cm³/mol. The van der Waals surface area contributed by atoms with Crippen LogP contribution in [0.3, 0.4) is 0 Å². The molecule has 0 bridgehead atoms. The van der Waals surface area contributed by atoms with Gasteiger partial charge in [-0.05, 0) is 18.2 Å². The summed E-state index contributed by atoms with van der Waals surface area (Å²) < 4.78 is 1.03. The molecule has 1 aromatic carbocycles. The molecule has 2 aromatic heterocycles. The molecule has 0 saturated heterocycles. The van der Waals surface area contributed by atoms with E-state index in [0.717, 1.165) is 10.2 Å². The zero-order valence-corrected chi connectivity index (χ0v) is 12.3. The number of thioether (sulfide) groups is 1. The molecule has 3 aromatic rings. The number of para-hydroxylation sites is 1. The van der Waals surface area contributed by atoms with E-state index >= 15 is 0 Å². The second kappa shape index (κ2) is 6.06. The van der Waals surface area contributed by atoms with Gasteiger partial charge in [0.1, 0.15) is 0 Å². The van der Waals surface area contributed by atoms with Crippen LogP contribution in [0, 0.1) is 0 Å². The van der Waals surface area contributed by atoms with Crippen LogP contribution in [0.15, 0.2) is 46.3 Å². The van der Waals surface area contributed by atoms with Crippen molar-refractivity contribution in [3.8, 4) is 0 Å². The first-order valence-corrected chi connectivity index (χ1v) is 7.84. The highest BCUT2D eigenvalue weighted by Crippen LogP contribution is 2.25.